The molecule has 1 fully saturated rings. The van der Waals surface area contributed by atoms with Crippen molar-refractivity contribution in [3.05, 3.63) is 41.2 Å². The highest BCUT2D eigenvalue weighted by Crippen LogP contribution is 2.20. The van der Waals surface area contributed by atoms with E-state index in [2.05, 4.69) is 20.6 Å². The van der Waals surface area contributed by atoms with Crippen molar-refractivity contribution in [1.29, 1.82) is 0 Å². The summed E-state index contributed by atoms with van der Waals surface area (Å²) in [5.74, 6) is 0.533. The van der Waals surface area contributed by atoms with Crippen LogP contribution in [-0.4, -0.2) is 58.8 Å². The summed E-state index contributed by atoms with van der Waals surface area (Å²) in [5.41, 5.74) is 3.13. The Labute approximate surface area is 177 Å². The number of nitrogens with one attached hydrogen (secondary N) is 2. The van der Waals surface area contributed by atoms with Gasteiger partial charge in [0, 0.05) is 31.7 Å². The second kappa shape index (κ2) is 9.30. The average molecular weight is 414 g/mol. The molecule has 0 saturated carbocycles. The Morgan fingerprint density at radius 1 is 1.23 bits per heavy atom. The first-order valence-corrected chi connectivity index (χ1v) is 10.3. The van der Waals surface area contributed by atoms with E-state index in [1.54, 1.807) is 23.9 Å². The number of methoxy groups -OCH3 is 1. The number of amides is 2. The van der Waals surface area contributed by atoms with Crippen molar-refractivity contribution in [3.8, 4) is 5.75 Å². The van der Waals surface area contributed by atoms with Crippen LogP contribution in [0.1, 0.15) is 41.5 Å². The lowest BCUT2D eigenvalue weighted by molar-refractivity contribution is -0.121. The summed E-state index contributed by atoms with van der Waals surface area (Å²) in [7, 11) is 3.45. The number of aromatic nitrogens is 2. The lowest BCUT2D eigenvalue weighted by Gasteiger charge is -2.35. The molecule has 2 aromatic rings. The van der Waals surface area contributed by atoms with Crippen LogP contribution >= 0.6 is 0 Å². The zero-order chi connectivity index (χ0) is 21.8. The van der Waals surface area contributed by atoms with Crippen LogP contribution in [0, 0.1) is 13.8 Å². The molecule has 162 valence electrons. The molecule has 8 nitrogen and oxygen atoms in total. The maximum Gasteiger partial charge on any atom is 0.251 e. The SMILES string of the molecule is COc1cccc(C(=O)NC2CCN([C@@H](C)C(=O)Nc3c(C)nn(C)c3C)CC2)c1. The Balaban J connectivity index is 1.51. The number of ether oxygens (including phenoxy) is 1. The minimum Gasteiger partial charge on any atom is -0.497 e. The van der Waals surface area contributed by atoms with Crippen molar-refractivity contribution in [2.45, 2.75) is 45.7 Å². The van der Waals surface area contributed by atoms with Crippen LogP contribution in [-0.2, 0) is 11.8 Å². The van der Waals surface area contributed by atoms with E-state index in [9.17, 15) is 9.59 Å². The van der Waals surface area contributed by atoms with E-state index in [-0.39, 0.29) is 23.9 Å². The van der Waals surface area contributed by atoms with Gasteiger partial charge in [0.2, 0.25) is 5.91 Å². The Bertz CT molecular complexity index is 915. The first-order chi connectivity index (χ1) is 14.3. The third-order valence-corrected chi connectivity index (χ3v) is 5.88. The highest BCUT2D eigenvalue weighted by atomic mass is 16.5. The molecule has 0 aliphatic carbocycles. The van der Waals surface area contributed by atoms with Gasteiger partial charge in [-0.1, -0.05) is 6.07 Å². The Kier molecular flexibility index (Phi) is 6.77. The van der Waals surface area contributed by atoms with Gasteiger partial charge in [-0.3, -0.25) is 19.2 Å². The van der Waals surface area contributed by atoms with Crippen molar-refractivity contribution in [3.63, 3.8) is 0 Å². The second-order valence-electron chi connectivity index (χ2n) is 7.85. The monoisotopic (exact) mass is 413 g/mol. The highest BCUT2D eigenvalue weighted by Gasteiger charge is 2.28. The molecular formula is C22H31N5O3. The molecule has 2 heterocycles. The molecule has 8 heteroatoms. The van der Waals surface area contributed by atoms with Gasteiger partial charge in [-0.15, -0.1) is 0 Å². The van der Waals surface area contributed by atoms with Crippen molar-refractivity contribution in [1.82, 2.24) is 20.0 Å². The van der Waals surface area contributed by atoms with Crippen LogP contribution < -0.4 is 15.4 Å². The van der Waals surface area contributed by atoms with Crippen LogP contribution in [0.2, 0.25) is 0 Å². The third-order valence-electron chi connectivity index (χ3n) is 5.88. The van der Waals surface area contributed by atoms with Crippen molar-refractivity contribution in [2.24, 2.45) is 7.05 Å². The van der Waals surface area contributed by atoms with Gasteiger partial charge in [-0.05, 0) is 51.8 Å². The molecule has 0 radical (unpaired) electrons. The maximum atomic E-state index is 12.8. The molecule has 30 heavy (non-hydrogen) atoms. The Hall–Kier alpha value is -2.87. The minimum absolute atomic E-state index is 0.0342. The van der Waals surface area contributed by atoms with E-state index in [0.29, 0.717) is 11.3 Å². The largest absolute Gasteiger partial charge is 0.497 e. The number of carbonyl (C=O) groups is 2. The molecule has 1 aromatic heterocycles. The van der Waals surface area contributed by atoms with E-state index < -0.39 is 0 Å². The van der Waals surface area contributed by atoms with E-state index >= 15 is 0 Å². The first kappa shape index (κ1) is 21.8. The summed E-state index contributed by atoms with van der Waals surface area (Å²) in [4.78, 5) is 27.4. The smallest absolute Gasteiger partial charge is 0.251 e. The zero-order valence-corrected chi connectivity index (χ0v) is 18.4. The van der Waals surface area contributed by atoms with Gasteiger partial charge in [-0.25, -0.2) is 0 Å². The normalized spacial score (nSPS) is 16.2. The number of rotatable bonds is 6. The molecule has 1 aliphatic heterocycles. The van der Waals surface area contributed by atoms with Gasteiger partial charge in [-0.2, -0.15) is 5.10 Å². The maximum absolute atomic E-state index is 12.8. The minimum atomic E-state index is -0.251. The molecular weight excluding hydrogens is 382 g/mol. The fraction of sp³-hybridized carbons (Fsp3) is 0.500. The molecule has 3 rings (SSSR count). The number of aryl methyl sites for hydroxylation is 2. The number of piperidine rings is 1. The molecule has 2 N–H and O–H groups in total. The molecule has 1 aliphatic rings. The summed E-state index contributed by atoms with van der Waals surface area (Å²) in [5, 5.41) is 10.5. The predicted octanol–water partition coefficient (Wildman–Crippen LogP) is 2.27. The topological polar surface area (TPSA) is 88.5 Å². The number of benzene rings is 1. The summed E-state index contributed by atoms with van der Waals surface area (Å²) >= 11 is 0. The summed E-state index contributed by atoms with van der Waals surface area (Å²) in [6.45, 7) is 7.26. The predicted molar refractivity (Wildman–Crippen MR) is 116 cm³/mol. The van der Waals surface area contributed by atoms with Gasteiger partial charge in [0.1, 0.15) is 5.75 Å². The molecule has 2 amide bonds. The number of carbonyl (C=O) groups excluding carboxylic acids is 2. The lowest BCUT2D eigenvalue weighted by atomic mass is 10.0. The standard InChI is InChI=1S/C22H31N5O3/c1-14-20(15(2)26(4)25-14)24-21(28)16(3)27-11-9-18(10-12-27)23-22(29)17-7-6-8-19(13-17)30-5/h6-8,13,16,18H,9-12H2,1-5H3,(H,23,29)(H,24,28)/t16-/m0/s1. The number of nitrogens with zero attached hydrogens (tertiary/aromatic N) is 3. The zero-order valence-electron chi connectivity index (χ0n) is 18.4. The molecule has 1 aromatic carbocycles. The van der Waals surface area contributed by atoms with Crippen LogP contribution in [0.25, 0.3) is 0 Å². The van der Waals surface area contributed by atoms with Crippen LogP contribution in [0.15, 0.2) is 24.3 Å². The lowest BCUT2D eigenvalue weighted by Crippen LogP contribution is -2.50. The third kappa shape index (κ3) is 4.81. The van der Waals surface area contributed by atoms with Crippen molar-refractivity contribution in [2.75, 3.05) is 25.5 Å². The fourth-order valence-corrected chi connectivity index (χ4v) is 3.81. The van der Waals surface area contributed by atoms with Crippen LogP contribution in [0.3, 0.4) is 0 Å². The highest BCUT2D eigenvalue weighted by molar-refractivity contribution is 5.96. The molecule has 1 atom stereocenters. The average Bonchev–Trinajstić information content (AvgIpc) is 2.99. The van der Waals surface area contributed by atoms with Gasteiger partial charge >= 0.3 is 0 Å². The Morgan fingerprint density at radius 3 is 2.53 bits per heavy atom. The van der Waals surface area contributed by atoms with E-state index in [4.69, 9.17) is 4.74 Å². The Morgan fingerprint density at radius 2 is 1.93 bits per heavy atom. The molecule has 0 bridgehead atoms. The summed E-state index contributed by atoms with van der Waals surface area (Å²) in [6, 6.07) is 6.98. The summed E-state index contributed by atoms with van der Waals surface area (Å²) in [6.07, 6.45) is 1.61. The first-order valence-electron chi connectivity index (χ1n) is 10.3. The summed E-state index contributed by atoms with van der Waals surface area (Å²) < 4.78 is 6.96. The molecule has 0 unspecified atom stereocenters. The molecule has 0 spiro atoms. The fourth-order valence-electron chi connectivity index (χ4n) is 3.81. The van der Waals surface area contributed by atoms with E-state index in [1.165, 1.54) is 0 Å². The van der Waals surface area contributed by atoms with Gasteiger partial charge in [0.15, 0.2) is 0 Å². The second-order valence-corrected chi connectivity index (χ2v) is 7.85. The van der Waals surface area contributed by atoms with Gasteiger partial charge in [0.25, 0.3) is 5.91 Å². The van der Waals surface area contributed by atoms with Crippen LogP contribution in [0.5, 0.6) is 5.75 Å². The van der Waals surface area contributed by atoms with Crippen molar-refractivity contribution < 1.29 is 14.3 Å². The quantitative estimate of drug-likeness (QED) is 0.758. The molecule has 1 saturated heterocycles. The number of anilines is 1. The van der Waals surface area contributed by atoms with E-state index in [1.807, 2.05) is 40.0 Å². The van der Waals surface area contributed by atoms with Gasteiger partial charge in [0.05, 0.1) is 30.2 Å². The number of likely N-dealkylation sites (tertiary alicyclic amines) is 1. The van der Waals surface area contributed by atoms with Crippen LogP contribution in [0.4, 0.5) is 5.69 Å². The van der Waals surface area contributed by atoms with Crippen molar-refractivity contribution >= 4 is 17.5 Å². The van der Waals surface area contributed by atoms with E-state index in [0.717, 1.165) is 43.0 Å². The van der Waals surface area contributed by atoms with Gasteiger partial charge < -0.3 is 15.4 Å². The number of hydrogen-bond acceptors (Lipinski definition) is 5. The number of hydrogen-bond donors (Lipinski definition) is 2.